The van der Waals surface area contributed by atoms with E-state index in [-0.39, 0.29) is 28.6 Å². The van der Waals surface area contributed by atoms with Gasteiger partial charge in [0.1, 0.15) is 11.4 Å². The summed E-state index contributed by atoms with van der Waals surface area (Å²) in [7, 11) is 0. The topological polar surface area (TPSA) is 119 Å². The molecular weight excluding hydrogens is 146 g/mol. The van der Waals surface area contributed by atoms with Crippen molar-refractivity contribution in [3.8, 4) is 11.5 Å². The molecule has 5 nitrogen and oxygen atoms in total. The third-order valence-corrected chi connectivity index (χ3v) is 1.39. The highest BCUT2D eigenvalue weighted by atomic mass is 16.3. The first-order valence-corrected chi connectivity index (χ1v) is 2.89. The fraction of sp³-hybridized carbons (Fsp3) is 0. The first-order chi connectivity index (χ1) is 5.04. The number of hydrogen-bond donors (Lipinski definition) is 5. The molecule has 0 heterocycles. The molecule has 60 valence electrons. The summed E-state index contributed by atoms with van der Waals surface area (Å²) in [5, 5.41) is 18.1. The molecule has 0 fully saturated rings. The Labute approximate surface area is 63.0 Å². The number of phenols is 2. The maximum atomic E-state index is 9.08. The lowest BCUT2D eigenvalue weighted by atomic mass is 10.2. The second-order valence-corrected chi connectivity index (χ2v) is 2.16. The smallest absolute Gasteiger partial charge is 0.167 e. The predicted octanol–water partition coefficient (Wildman–Crippen LogP) is -0.156. The average molecular weight is 155 g/mol. The third kappa shape index (κ3) is 0.958. The first kappa shape index (κ1) is 7.33. The van der Waals surface area contributed by atoms with Crippen LogP contribution < -0.4 is 17.2 Å². The van der Waals surface area contributed by atoms with E-state index in [9.17, 15) is 0 Å². The van der Waals surface area contributed by atoms with Gasteiger partial charge in [-0.1, -0.05) is 0 Å². The Morgan fingerprint density at radius 3 is 2.09 bits per heavy atom. The van der Waals surface area contributed by atoms with Crippen LogP contribution in [0.15, 0.2) is 6.07 Å². The lowest BCUT2D eigenvalue weighted by Gasteiger charge is -2.06. The van der Waals surface area contributed by atoms with Crippen LogP contribution in [0.4, 0.5) is 17.1 Å². The Bertz CT molecular complexity index is 272. The molecule has 8 N–H and O–H groups in total. The van der Waals surface area contributed by atoms with Crippen LogP contribution in [-0.4, -0.2) is 10.2 Å². The summed E-state index contributed by atoms with van der Waals surface area (Å²) >= 11 is 0. The average Bonchev–Trinajstić information content (AvgIpc) is 1.97. The fourth-order valence-corrected chi connectivity index (χ4v) is 0.706. The van der Waals surface area contributed by atoms with Crippen molar-refractivity contribution < 1.29 is 10.2 Å². The van der Waals surface area contributed by atoms with Crippen LogP contribution in [0.5, 0.6) is 11.5 Å². The number of phenolic OH excluding ortho intramolecular Hbond substituents is 2. The van der Waals surface area contributed by atoms with Gasteiger partial charge in [0.15, 0.2) is 5.75 Å². The van der Waals surface area contributed by atoms with Crippen LogP contribution in [0, 0.1) is 0 Å². The molecule has 1 rings (SSSR count). The minimum atomic E-state index is -0.373. The molecule has 0 aliphatic rings. The van der Waals surface area contributed by atoms with Crippen LogP contribution >= 0.6 is 0 Å². The number of hydrogen-bond acceptors (Lipinski definition) is 5. The maximum Gasteiger partial charge on any atom is 0.167 e. The van der Waals surface area contributed by atoms with Crippen LogP contribution in [0.25, 0.3) is 0 Å². The second kappa shape index (κ2) is 2.12. The van der Waals surface area contributed by atoms with Gasteiger partial charge in [-0.05, 0) is 0 Å². The van der Waals surface area contributed by atoms with E-state index >= 15 is 0 Å². The van der Waals surface area contributed by atoms with Gasteiger partial charge < -0.3 is 27.4 Å². The largest absolute Gasteiger partial charge is 0.506 e. The van der Waals surface area contributed by atoms with E-state index in [1.165, 1.54) is 6.07 Å². The molecule has 0 radical (unpaired) electrons. The van der Waals surface area contributed by atoms with E-state index < -0.39 is 0 Å². The summed E-state index contributed by atoms with van der Waals surface area (Å²) in [5.74, 6) is -0.642. The number of benzene rings is 1. The highest BCUT2D eigenvalue weighted by Crippen LogP contribution is 2.39. The van der Waals surface area contributed by atoms with Crippen molar-refractivity contribution in [3.05, 3.63) is 6.07 Å². The van der Waals surface area contributed by atoms with Crippen molar-refractivity contribution in [2.24, 2.45) is 0 Å². The summed E-state index contributed by atoms with van der Waals surface area (Å²) in [6.07, 6.45) is 0. The number of nitrogen functional groups attached to an aromatic ring is 3. The number of anilines is 3. The summed E-state index contributed by atoms with van der Waals surface area (Å²) in [6, 6.07) is 1.18. The fourth-order valence-electron chi connectivity index (χ4n) is 0.706. The van der Waals surface area contributed by atoms with Gasteiger partial charge in [-0.25, -0.2) is 0 Å². The molecule has 5 heteroatoms. The van der Waals surface area contributed by atoms with E-state index in [4.69, 9.17) is 27.4 Å². The van der Waals surface area contributed by atoms with Crippen molar-refractivity contribution in [2.75, 3.05) is 17.2 Å². The predicted molar refractivity (Wildman–Crippen MR) is 43.0 cm³/mol. The monoisotopic (exact) mass is 155 g/mol. The van der Waals surface area contributed by atoms with E-state index in [0.717, 1.165) is 0 Å². The van der Waals surface area contributed by atoms with Gasteiger partial charge >= 0.3 is 0 Å². The molecule has 1 aromatic rings. The van der Waals surface area contributed by atoms with E-state index in [1.807, 2.05) is 0 Å². The maximum absolute atomic E-state index is 9.08. The molecule has 0 aliphatic carbocycles. The van der Waals surface area contributed by atoms with Crippen molar-refractivity contribution in [2.45, 2.75) is 0 Å². The van der Waals surface area contributed by atoms with Crippen molar-refractivity contribution in [1.82, 2.24) is 0 Å². The summed E-state index contributed by atoms with van der Waals surface area (Å²) in [5.41, 5.74) is 15.7. The van der Waals surface area contributed by atoms with Gasteiger partial charge in [0.2, 0.25) is 0 Å². The molecule has 11 heavy (non-hydrogen) atoms. The van der Waals surface area contributed by atoms with E-state index in [2.05, 4.69) is 0 Å². The quantitative estimate of drug-likeness (QED) is 0.203. The van der Waals surface area contributed by atoms with Gasteiger partial charge in [-0.3, -0.25) is 0 Å². The highest BCUT2D eigenvalue weighted by Gasteiger charge is 2.09. The number of rotatable bonds is 0. The summed E-state index contributed by atoms with van der Waals surface area (Å²) in [4.78, 5) is 0. The zero-order valence-electron chi connectivity index (χ0n) is 5.70. The molecule has 0 amide bonds. The minimum absolute atomic E-state index is 0.0136. The molecule has 0 unspecified atom stereocenters. The summed E-state index contributed by atoms with van der Waals surface area (Å²) in [6.45, 7) is 0. The number of aromatic hydroxyl groups is 2. The van der Waals surface area contributed by atoms with E-state index in [0.29, 0.717) is 0 Å². The molecule has 0 saturated heterocycles. The van der Waals surface area contributed by atoms with Crippen LogP contribution in [0.3, 0.4) is 0 Å². The molecule has 0 saturated carbocycles. The van der Waals surface area contributed by atoms with Crippen molar-refractivity contribution in [1.29, 1.82) is 0 Å². The zero-order chi connectivity index (χ0) is 8.59. The van der Waals surface area contributed by atoms with Gasteiger partial charge in [-0.2, -0.15) is 0 Å². The lowest BCUT2D eigenvalue weighted by Crippen LogP contribution is -1.97. The molecule has 0 spiro atoms. The van der Waals surface area contributed by atoms with Gasteiger partial charge in [-0.15, -0.1) is 0 Å². The van der Waals surface area contributed by atoms with Crippen LogP contribution in [-0.2, 0) is 0 Å². The Kier molecular flexibility index (Phi) is 1.41. The molecule has 0 aliphatic heterocycles. The van der Waals surface area contributed by atoms with Crippen LogP contribution in [0.2, 0.25) is 0 Å². The Balaban J connectivity index is 3.46. The first-order valence-electron chi connectivity index (χ1n) is 2.89. The van der Waals surface area contributed by atoms with Crippen molar-refractivity contribution >= 4 is 17.1 Å². The Morgan fingerprint density at radius 2 is 1.55 bits per heavy atom. The second-order valence-electron chi connectivity index (χ2n) is 2.16. The normalized spacial score (nSPS) is 9.82. The SMILES string of the molecule is Nc1cc(O)c(N)c(O)c1N. The Hall–Kier alpha value is -1.78. The van der Waals surface area contributed by atoms with E-state index in [1.54, 1.807) is 0 Å². The van der Waals surface area contributed by atoms with Gasteiger partial charge in [0.25, 0.3) is 0 Å². The molecule has 0 atom stereocenters. The summed E-state index contributed by atoms with van der Waals surface area (Å²) < 4.78 is 0. The lowest BCUT2D eigenvalue weighted by molar-refractivity contribution is 0.457. The van der Waals surface area contributed by atoms with Crippen LogP contribution in [0.1, 0.15) is 0 Å². The zero-order valence-corrected chi connectivity index (χ0v) is 5.70. The Morgan fingerprint density at radius 1 is 1.00 bits per heavy atom. The molecule has 0 bridgehead atoms. The van der Waals surface area contributed by atoms with Gasteiger partial charge in [0.05, 0.1) is 11.4 Å². The molecular formula is C6H9N3O2. The third-order valence-electron chi connectivity index (χ3n) is 1.39. The minimum Gasteiger partial charge on any atom is -0.506 e. The molecule has 1 aromatic carbocycles. The van der Waals surface area contributed by atoms with Gasteiger partial charge in [0, 0.05) is 6.07 Å². The molecule has 0 aromatic heterocycles. The van der Waals surface area contributed by atoms with Crippen molar-refractivity contribution in [3.63, 3.8) is 0 Å². The highest BCUT2D eigenvalue weighted by molar-refractivity contribution is 5.82. The number of nitrogens with two attached hydrogens (primary N) is 3. The standard InChI is InChI=1S/C6H9N3O2/c7-2-1-3(10)5(9)6(11)4(2)8/h1,10-11H,7-9H2.